The number of para-hydroxylation sites is 1. The van der Waals surface area contributed by atoms with E-state index in [4.69, 9.17) is 10.7 Å². The lowest BCUT2D eigenvalue weighted by Gasteiger charge is -2.42. The van der Waals surface area contributed by atoms with Gasteiger partial charge in [-0.15, -0.1) is 0 Å². The Morgan fingerprint density at radius 1 is 1.27 bits per heavy atom. The van der Waals surface area contributed by atoms with E-state index >= 15 is 0 Å². The molecule has 1 aromatic heterocycles. The molecule has 1 fully saturated rings. The number of fused-ring (bicyclic) bond motifs is 1. The fourth-order valence-electron chi connectivity index (χ4n) is 3.74. The minimum absolute atomic E-state index is 0.123. The monoisotopic (exact) mass is 368 g/mol. The van der Waals surface area contributed by atoms with Crippen LogP contribution in [-0.4, -0.2) is 51.6 Å². The number of hydrogen-bond acceptors (Lipinski definition) is 7. The van der Waals surface area contributed by atoms with Gasteiger partial charge in [0, 0.05) is 36.9 Å². The lowest BCUT2D eigenvalue weighted by molar-refractivity contribution is 0.128. The van der Waals surface area contributed by atoms with E-state index in [9.17, 15) is 0 Å². The van der Waals surface area contributed by atoms with Crippen LogP contribution >= 0.6 is 11.8 Å². The molecule has 3 unspecified atom stereocenters. The molecule has 0 aliphatic carbocycles. The zero-order chi connectivity index (χ0) is 17.9. The molecule has 7 heteroatoms. The summed E-state index contributed by atoms with van der Waals surface area (Å²) in [5.41, 5.74) is 8.60. The van der Waals surface area contributed by atoms with Crippen molar-refractivity contribution in [3.8, 4) is 0 Å². The summed E-state index contributed by atoms with van der Waals surface area (Å²) in [7, 11) is 0. The summed E-state index contributed by atoms with van der Waals surface area (Å²) in [6.07, 6.45) is 4.58. The van der Waals surface area contributed by atoms with Crippen molar-refractivity contribution in [3.63, 3.8) is 0 Å². The maximum atomic E-state index is 6.52. The fraction of sp³-hybridized carbons (Fsp3) is 0.421. The highest BCUT2D eigenvalue weighted by Gasteiger charge is 2.36. The Labute approximate surface area is 158 Å². The van der Waals surface area contributed by atoms with E-state index in [1.165, 1.54) is 0 Å². The van der Waals surface area contributed by atoms with Gasteiger partial charge in [-0.1, -0.05) is 30.8 Å². The van der Waals surface area contributed by atoms with Crippen molar-refractivity contribution >= 4 is 23.2 Å². The van der Waals surface area contributed by atoms with Gasteiger partial charge < -0.3 is 11.1 Å². The van der Waals surface area contributed by atoms with E-state index in [1.54, 1.807) is 11.8 Å². The molecule has 0 saturated carbocycles. The van der Waals surface area contributed by atoms with Gasteiger partial charge in [-0.2, -0.15) is 0 Å². The van der Waals surface area contributed by atoms with E-state index < -0.39 is 0 Å². The van der Waals surface area contributed by atoms with Gasteiger partial charge >= 0.3 is 0 Å². The SMILES string of the molecule is CCC(C1=Nc2ccccc2SC1N)N1CCNCC1c1ncccn1. The van der Waals surface area contributed by atoms with E-state index in [2.05, 4.69) is 39.2 Å². The van der Waals surface area contributed by atoms with E-state index in [0.717, 1.165) is 48.2 Å². The van der Waals surface area contributed by atoms with Crippen LogP contribution in [0.1, 0.15) is 25.2 Å². The van der Waals surface area contributed by atoms with Crippen LogP contribution in [0.2, 0.25) is 0 Å². The Morgan fingerprint density at radius 2 is 2.08 bits per heavy atom. The molecule has 0 amide bonds. The number of hydrogen-bond donors (Lipinski definition) is 2. The molecular formula is C19H24N6S. The second-order valence-corrected chi connectivity index (χ2v) is 7.72. The molecule has 3 heterocycles. The van der Waals surface area contributed by atoms with Crippen LogP contribution in [0.5, 0.6) is 0 Å². The maximum Gasteiger partial charge on any atom is 0.146 e. The predicted octanol–water partition coefficient (Wildman–Crippen LogP) is 2.36. The minimum atomic E-state index is -0.123. The Kier molecular flexibility index (Phi) is 5.31. The Bertz CT molecular complexity index is 781. The van der Waals surface area contributed by atoms with Crippen LogP contribution in [0.4, 0.5) is 5.69 Å². The molecule has 3 atom stereocenters. The van der Waals surface area contributed by atoms with Gasteiger partial charge in [0.1, 0.15) is 5.82 Å². The van der Waals surface area contributed by atoms with Gasteiger partial charge in [-0.3, -0.25) is 9.89 Å². The number of rotatable bonds is 4. The first-order valence-electron chi connectivity index (χ1n) is 9.11. The number of thioether (sulfide) groups is 1. The van der Waals surface area contributed by atoms with Crippen LogP contribution < -0.4 is 11.1 Å². The molecule has 2 aliphatic heterocycles. The van der Waals surface area contributed by atoms with Gasteiger partial charge in [0.15, 0.2) is 0 Å². The zero-order valence-electron chi connectivity index (χ0n) is 14.9. The van der Waals surface area contributed by atoms with Crippen molar-refractivity contribution in [2.75, 3.05) is 19.6 Å². The standard InChI is InChI=1S/C19H24N6S/c1-2-14(17-18(20)26-16-7-4-3-6-13(16)24-17)25-11-10-21-12-15(25)19-22-8-5-9-23-19/h3-9,14-15,18,21H,2,10-12,20H2,1H3. The molecule has 26 heavy (non-hydrogen) atoms. The molecule has 2 aromatic rings. The normalized spacial score (nSPS) is 24.6. The molecule has 6 nitrogen and oxygen atoms in total. The number of nitrogens with two attached hydrogens (primary N) is 1. The minimum Gasteiger partial charge on any atom is -0.314 e. The molecule has 3 N–H and O–H groups in total. The second-order valence-electron chi connectivity index (χ2n) is 6.53. The van der Waals surface area contributed by atoms with Crippen LogP contribution in [0, 0.1) is 0 Å². The average Bonchev–Trinajstić information content (AvgIpc) is 2.70. The van der Waals surface area contributed by atoms with Gasteiger partial charge in [0.2, 0.25) is 0 Å². The number of nitrogens with zero attached hydrogens (tertiary/aromatic N) is 4. The van der Waals surface area contributed by atoms with Crippen molar-refractivity contribution in [2.24, 2.45) is 10.7 Å². The van der Waals surface area contributed by atoms with Gasteiger partial charge in [0.05, 0.1) is 28.9 Å². The largest absolute Gasteiger partial charge is 0.314 e. The van der Waals surface area contributed by atoms with Crippen LogP contribution in [-0.2, 0) is 0 Å². The van der Waals surface area contributed by atoms with E-state index in [0.29, 0.717) is 0 Å². The first-order chi connectivity index (χ1) is 12.8. The third-order valence-corrected chi connectivity index (χ3v) is 6.05. The van der Waals surface area contributed by atoms with Gasteiger partial charge in [-0.25, -0.2) is 9.97 Å². The summed E-state index contributed by atoms with van der Waals surface area (Å²) >= 11 is 1.70. The molecule has 2 aliphatic rings. The van der Waals surface area contributed by atoms with Crippen molar-refractivity contribution in [2.45, 2.75) is 35.7 Å². The highest BCUT2D eigenvalue weighted by Crippen LogP contribution is 2.38. The summed E-state index contributed by atoms with van der Waals surface area (Å²) in [5, 5.41) is 3.35. The lowest BCUT2D eigenvalue weighted by Crippen LogP contribution is -2.55. The summed E-state index contributed by atoms with van der Waals surface area (Å²) in [6.45, 7) is 4.92. The van der Waals surface area contributed by atoms with E-state index in [-0.39, 0.29) is 17.5 Å². The Hall–Kier alpha value is -1.80. The Balaban J connectivity index is 1.68. The Morgan fingerprint density at radius 3 is 2.88 bits per heavy atom. The average molecular weight is 369 g/mol. The van der Waals surface area contributed by atoms with Crippen molar-refractivity contribution in [1.29, 1.82) is 0 Å². The zero-order valence-corrected chi connectivity index (χ0v) is 15.7. The maximum absolute atomic E-state index is 6.52. The van der Waals surface area contributed by atoms with E-state index in [1.807, 2.05) is 30.6 Å². The first kappa shape index (κ1) is 17.6. The summed E-state index contributed by atoms with van der Waals surface area (Å²) in [6, 6.07) is 10.4. The topological polar surface area (TPSA) is 79.4 Å². The third-order valence-electron chi connectivity index (χ3n) is 4.96. The molecule has 0 spiro atoms. The highest BCUT2D eigenvalue weighted by atomic mass is 32.2. The predicted molar refractivity (Wildman–Crippen MR) is 106 cm³/mol. The number of aromatic nitrogens is 2. The van der Waals surface area contributed by atoms with Crippen molar-refractivity contribution in [1.82, 2.24) is 20.2 Å². The summed E-state index contributed by atoms with van der Waals surface area (Å²) < 4.78 is 0. The molecule has 1 saturated heterocycles. The number of aliphatic imine (C=N–C) groups is 1. The molecule has 0 bridgehead atoms. The highest BCUT2D eigenvalue weighted by molar-refractivity contribution is 8.00. The summed E-state index contributed by atoms with van der Waals surface area (Å²) in [5.74, 6) is 0.858. The number of nitrogens with one attached hydrogen (secondary N) is 1. The van der Waals surface area contributed by atoms with Crippen LogP contribution in [0.15, 0.2) is 52.6 Å². The van der Waals surface area contributed by atoms with Gasteiger partial charge in [-0.05, 0) is 24.6 Å². The first-order valence-corrected chi connectivity index (χ1v) is 9.99. The molecular weight excluding hydrogens is 344 g/mol. The van der Waals surface area contributed by atoms with Crippen LogP contribution in [0.3, 0.4) is 0 Å². The summed E-state index contributed by atoms with van der Waals surface area (Å²) in [4.78, 5) is 17.6. The van der Waals surface area contributed by atoms with Gasteiger partial charge in [0.25, 0.3) is 0 Å². The van der Waals surface area contributed by atoms with Crippen molar-refractivity contribution in [3.05, 3.63) is 48.5 Å². The van der Waals surface area contributed by atoms with Crippen molar-refractivity contribution < 1.29 is 0 Å². The smallest absolute Gasteiger partial charge is 0.146 e. The third kappa shape index (κ3) is 3.40. The molecule has 136 valence electrons. The fourth-order valence-corrected chi connectivity index (χ4v) is 4.74. The molecule has 1 aromatic carbocycles. The number of piperazine rings is 1. The quantitative estimate of drug-likeness (QED) is 0.862. The van der Waals surface area contributed by atoms with Crippen LogP contribution in [0.25, 0.3) is 0 Å². The second kappa shape index (κ2) is 7.84. The number of benzene rings is 1. The lowest BCUT2D eigenvalue weighted by atomic mass is 10.0. The molecule has 0 radical (unpaired) electrons. The molecule has 4 rings (SSSR count).